The maximum atomic E-state index is 13.9. The summed E-state index contributed by atoms with van der Waals surface area (Å²) >= 11 is 4.81. The number of aryl methyl sites for hydroxylation is 2. The van der Waals surface area contributed by atoms with Gasteiger partial charge in [-0.3, -0.25) is 4.68 Å². The molecule has 0 atom stereocenters. The Morgan fingerprint density at radius 1 is 1.47 bits per heavy atom. The van der Waals surface area contributed by atoms with Crippen LogP contribution in [0.25, 0.3) is 0 Å². The van der Waals surface area contributed by atoms with E-state index in [9.17, 15) is 4.39 Å². The third-order valence-electron chi connectivity index (χ3n) is 2.76. The molecule has 0 fully saturated rings. The Bertz CT molecular complexity index is 621. The fraction of sp³-hybridized carbons (Fsp3) is 0.231. The van der Waals surface area contributed by atoms with Crippen LogP contribution in [-0.4, -0.2) is 14.8 Å². The van der Waals surface area contributed by atoms with Gasteiger partial charge in [0.2, 0.25) is 0 Å². The van der Waals surface area contributed by atoms with E-state index in [0.717, 1.165) is 17.8 Å². The van der Waals surface area contributed by atoms with E-state index in [4.69, 9.17) is 18.0 Å². The van der Waals surface area contributed by atoms with Crippen LogP contribution in [0.3, 0.4) is 0 Å². The molecule has 4 nitrogen and oxygen atoms in total. The van der Waals surface area contributed by atoms with Crippen molar-refractivity contribution in [3.63, 3.8) is 0 Å². The van der Waals surface area contributed by atoms with E-state index in [1.807, 2.05) is 20.2 Å². The maximum absolute atomic E-state index is 13.9. The topological polar surface area (TPSA) is 55.9 Å². The molecule has 6 heteroatoms. The van der Waals surface area contributed by atoms with Crippen molar-refractivity contribution in [1.82, 2.24) is 9.78 Å². The zero-order valence-corrected chi connectivity index (χ0v) is 11.6. The first-order chi connectivity index (χ1) is 9.01. The minimum absolute atomic E-state index is 0.182. The summed E-state index contributed by atoms with van der Waals surface area (Å²) in [5.74, 6) is -0.392. The molecule has 0 unspecified atom stereocenters. The fourth-order valence-corrected chi connectivity index (χ4v) is 1.94. The van der Waals surface area contributed by atoms with Gasteiger partial charge in [0.05, 0.1) is 17.1 Å². The van der Waals surface area contributed by atoms with Gasteiger partial charge in [-0.2, -0.15) is 5.10 Å². The number of halogens is 1. The van der Waals surface area contributed by atoms with Crippen LogP contribution in [0.1, 0.15) is 18.2 Å². The lowest BCUT2D eigenvalue weighted by molar-refractivity contribution is 0.631. The molecular formula is C13H15FN4S. The lowest BCUT2D eigenvalue weighted by Gasteiger charge is -2.08. The summed E-state index contributed by atoms with van der Waals surface area (Å²) in [6.07, 6.45) is 2.59. The monoisotopic (exact) mass is 278 g/mol. The molecule has 1 aromatic heterocycles. The van der Waals surface area contributed by atoms with Crippen LogP contribution in [0.15, 0.2) is 24.4 Å². The molecule has 1 aromatic carbocycles. The van der Waals surface area contributed by atoms with E-state index < -0.39 is 5.82 Å². The first kappa shape index (κ1) is 13.5. The molecule has 100 valence electrons. The summed E-state index contributed by atoms with van der Waals surface area (Å²) in [4.78, 5) is 0.182. The van der Waals surface area contributed by atoms with Crippen molar-refractivity contribution < 1.29 is 4.39 Å². The summed E-state index contributed by atoms with van der Waals surface area (Å²) in [6, 6.07) is 4.64. The van der Waals surface area contributed by atoms with E-state index in [-0.39, 0.29) is 4.99 Å². The number of benzene rings is 1. The van der Waals surface area contributed by atoms with E-state index in [1.165, 1.54) is 6.07 Å². The SMILES string of the molecule is CCc1nn(C)cc1Nc1ccc(C(N)=S)cc1F. The summed E-state index contributed by atoms with van der Waals surface area (Å²) in [7, 11) is 1.83. The van der Waals surface area contributed by atoms with Crippen molar-refractivity contribution in [2.75, 3.05) is 5.32 Å². The molecule has 0 radical (unpaired) electrons. The quantitative estimate of drug-likeness (QED) is 0.844. The molecule has 3 N–H and O–H groups in total. The molecule has 0 aliphatic heterocycles. The highest BCUT2D eigenvalue weighted by atomic mass is 32.1. The van der Waals surface area contributed by atoms with Gasteiger partial charge in [-0.05, 0) is 24.6 Å². The van der Waals surface area contributed by atoms with E-state index in [2.05, 4.69) is 10.4 Å². The average molecular weight is 278 g/mol. The Balaban J connectivity index is 2.30. The number of nitrogens with two attached hydrogens (primary N) is 1. The van der Waals surface area contributed by atoms with Crippen molar-refractivity contribution in [2.24, 2.45) is 12.8 Å². The molecule has 0 bridgehead atoms. The Kier molecular flexibility index (Phi) is 3.80. The first-order valence-corrected chi connectivity index (χ1v) is 6.31. The van der Waals surface area contributed by atoms with Gasteiger partial charge in [-0.25, -0.2) is 4.39 Å². The third kappa shape index (κ3) is 2.90. The predicted molar refractivity (Wildman–Crippen MR) is 78.2 cm³/mol. The molecule has 0 amide bonds. The Morgan fingerprint density at radius 2 is 2.21 bits per heavy atom. The second-order valence-electron chi connectivity index (χ2n) is 4.20. The minimum atomic E-state index is -0.392. The zero-order chi connectivity index (χ0) is 14.0. The summed E-state index contributed by atoms with van der Waals surface area (Å²) < 4.78 is 15.6. The van der Waals surface area contributed by atoms with Crippen LogP contribution >= 0.6 is 12.2 Å². The van der Waals surface area contributed by atoms with Crippen LogP contribution < -0.4 is 11.1 Å². The van der Waals surface area contributed by atoms with Gasteiger partial charge in [0.15, 0.2) is 0 Å². The number of aromatic nitrogens is 2. The van der Waals surface area contributed by atoms with Crippen molar-refractivity contribution >= 4 is 28.6 Å². The highest BCUT2D eigenvalue weighted by Gasteiger charge is 2.10. The fourth-order valence-electron chi connectivity index (χ4n) is 1.81. The Morgan fingerprint density at radius 3 is 2.79 bits per heavy atom. The second-order valence-corrected chi connectivity index (χ2v) is 4.64. The highest BCUT2D eigenvalue weighted by Crippen LogP contribution is 2.23. The molecule has 0 saturated carbocycles. The van der Waals surface area contributed by atoms with Gasteiger partial charge < -0.3 is 11.1 Å². The molecule has 2 rings (SSSR count). The number of anilines is 2. The number of nitrogens with zero attached hydrogens (tertiary/aromatic N) is 2. The minimum Gasteiger partial charge on any atom is -0.389 e. The predicted octanol–water partition coefficient (Wildman–Crippen LogP) is 2.50. The molecule has 0 aliphatic carbocycles. The second kappa shape index (κ2) is 5.36. The number of hydrogen-bond donors (Lipinski definition) is 2. The number of rotatable bonds is 4. The Labute approximate surface area is 116 Å². The maximum Gasteiger partial charge on any atom is 0.147 e. The van der Waals surface area contributed by atoms with Crippen molar-refractivity contribution in [3.8, 4) is 0 Å². The van der Waals surface area contributed by atoms with Gasteiger partial charge in [-0.15, -0.1) is 0 Å². The molecule has 2 aromatic rings. The van der Waals surface area contributed by atoms with Crippen molar-refractivity contribution in [2.45, 2.75) is 13.3 Å². The largest absolute Gasteiger partial charge is 0.389 e. The third-order valence-corrected chi connectivity index (χ3v) is 3.00. The summed E-state index contributed by atoms with van der Waals surface area (Å²) in [6.45, 7) is 2.00. The number of hydrogen-bond acceptors (Lipinski definition) is 3. The van der Waals surface area contributed by atoms with Gasteiger partial charge in [0, 0.05) is 18.8 Å². The smallest absolute Gasteiger partial charge is 0.147 e. The lowest BCUT2D eigenvalue weighted by Crippen LogP contribution is -2.09. The van der Waals surface area contributed by atoms with E-state index in [1.54, 1.807) is 16.8 Å². The van der Waals surface area contributed by atoms with Gasteiger partial charge in [0.1, 0.15) is 10.8 Å². The molecule has 19 heavy (non-hydrogen) atoms. The van der Waals surface area contributed by atoms with Crippen molar-refractivity contribution in [1.29, 1.82) is 0 Å². The molecule has 0 saturated heterocycles. The number of thiocarbonyl (C=S) groups is 1. The van der Waals surface area contributed by atoms with Crippen LogP contribution in [-0.2, 0) is 13.5 Å². The van der Waals surface area contributed by atoms with Crippen LogP contribution in [0, 0.1) is 5.82 Å². The van der Waals surface area contributed by atoms with Crippen LogP contribution in [0.5, 0.6) is 0 Å². The van der Waals surface area contributed by atoms with Gasteiger partial charge >= 0.3 is 0 Å². The standard InChI is InChI=1S/C13H15FN4S/c1-3-10-12(7-18(2)17-10)16-11-5-4-8(13(15)19)6-9(11)14/h4-7,16H,3H2,1-2H3,(H2,15,19). The average Bonchev–Trinajstić information content (AvgIpc) is 2.71. The summed E-state index contributed by atoms with van der Waals surface area (Å²) in [5.41, 5.74) is 8.04. The highest BCUT2D eigenvalue weighted by molar-refractivity contribution is 7.80. The van der Waals surface area contributed by atoms with Crippen LogP contribution in [0.2, 0.25) is 0 Å². The van der Waals surface area contributed by atoms with E-state index in [0.29, 0.717) is 11.3 Å². The summed E-state index contributed by atoms with van der Waals surface area (Å²) in [5, 5.41) is 7.33. The van der Waals surface area contributed by atoms with Gasteiger partial charge in [-0.1, -0.05) is 19.1 Å². The van der Waals surface area contributed by atoms with E-state index >= 15 is 0 Å². The zero-order valence-electron chi connectivity index (χ0n) is 10.8. The molecular weight excluding hydrogens is 263 g/mol. The number of nitrogens with one attached hydrogen (secondary N) is 1. The lowest BCUT2D eigenvalue weighted by atomic mass is 10.2. The Hall–Kier alpha value is -1.95. The van der Waals surface area contributed by atoms with Crippen LogP contribution in [0.4, 0.5) is 15.8 Å². The first-order valence-electron chi connectivity index (χ1n) is 5.90. The van der Waals surface area contributed by atoms with Crippen molar-refractivity contribution in [3.05, 3.63) is 41.5 Å². The van der Waals surface area contributed by atoms with Gasteiger partial charge in [0.25, 0.3) is 0 Å². The molecule has 1 heterocycles. The normalized spacial score (nSPS) is 10.5. The molecule has 0 aliphatic rings. The molecule has 0 spiro atoms.